The lowest BCUT2D eigenvalue weighted by Crippen LogP contribution is -2.47. The lowest BCUT2D eigenvalue weighted by molar-refractivity contribution is -0.130. The predicted octanol–water partition coefficient (Wildman–Crippen LogP) is 2.48. The number of anilines is 2. The van der Waals surface area contributed by atoms with Crippen LogP contribution in [-0.2, 0) is 14.6 Å². The lowest BCUT2D eigenvalue weighted by Gasteiger charge is -2.37. The number of rotatable bonds is 6. The van der Waals surface area contributed by atoms with E-state index in [-0.39, 0.29) is 28.8 Å². The largest absolute Gasteiger partial charge is 0.372 e. The topological polar surface area (TPSA) is 119 Å². The molecule has 2 aliphatic heterocycles. The molecule has 0 spiro atoms. The second-order valence-corrected chi connectivity index (χ2v) is 10.8. The molecule has 0 radical (unpaired) electrons. The van der Waals surface area contributed by atoms with E-state index in [1.165, 1.54) is 12.3 Å². The molecule has 11 heteroatoms. The first-order valence-corrected chi connectivity index (χ1v) is 12.9. The van der Waals surface area contributed by atoms with Gasteiger partial charge in [0.1, 0.15) is 17.9 Å². The van der Waals surface area contributed by atoms with E-state index in [2.05, 4.69) is 26.3 Å². The molecule has 2 saturated heterocycles. The summed E-state index contributed by atoms with van der Waals surface area (Å²) >= 11 is 5.95. The molecule has 33 heavy (non-hydrogen) atoms. The highest BCUT2D eigenvalue weighted by Gasteiger charge is 2.37. The summed E-state index contributed by atoms with van der Waals surface area (Å²) in [5, 5.41) is 13.0. The number of piperidine rings is 1. The van der Waals surface area contributed by atoms with Gasteiger partial charge in [-0.05, 0) is 37.5 Å². The quantitative estimate of drug-likeness (QED) is 0.658. The highest BCUT2D eigenvalue weighted by atomic mass is 35.5. The summed E-state index contributed by atoms with van der Waals surface area (Å²) in [7, 11) is -3.35. The number of pyridine rings is 2. The third kappa shape index (κ3) is 4.89. The minimum atomic E-state index is -3.35. The number of aromatic nitrogens is 2. The number of nitrogens with one attached hydrogen (secondary N) is 1. The van der Waals surface area contributed by atoms with Gasteiger partial charge >= 0.3 is 0 Å². The minimum absolute atomic E-state index is 0.00638. The molecule has 0 bridgehead atoms. The molecule has 2 aliphatic rings. The Morgan fingerprint density at radius 2 is 1.94 bits per heavy atom. The van der Waals surface area contributed by atoms with Crippen molar-refractivity contribution in [3.63, 3.8) is 0 Å². The molecule has 2 fully saturated rings. The van der Waals surface area contributed by atoms with Gasteiger partial charge in [-0.25, -0.2) is 18.4 Å². The van der Waals surface area contributed by atoms with Crippen molar-refractivity contribution in [1.82, 2.24) is 14.9 Å². The molecule has 1 N–H and O–H groups in total. The fraction of sp³-hybridized carbons (Fsp3) is 0.455. The van der Waals surface area contributed by atoms with Gasteiger partial charge in [0.2, 0.25) is 5.91 Å². The molecule has 2 aromatic heterocycles. The number of carbonyl (C=O) groups excluding carboxylic acids is 1. The van der Waals surface area contributed by atoms with Gasteiger partial charge in [0, 0.05) is 31.9 Å². The molecule has 1 atom stereocenters. The Hall–Kier alpha value is -2.90. The van der Waals surface area contributed by atoms with Crippen LogP contribution in [0.25, 0.3) is 0 Å². The van der Waals surface area contributed by atoms with Crippen LogP contribution in [0.5, 0.6) is 0 Å². The zero-order chi connectivity index (χ0) is 23.6. The molecule has 4 rings (SSSR count). The number of amides is 1. The van der Waals surface area contributed by atoms with E-state index in [9.17, 15) is 18.5 Å². The van der Waals surface area contributed by atoms with Crippen molar-refractivity contribution < 1.29 is 13.2 Å². The van der Waals surface area contributed by atoms with Gasteiger partial charge in [0.15, 0.2) is 14.9 Å². The minimum Gasteiger partial charge on any atom is -0.372 e. The number of nitriles is 1. The average molecular weight is 489 g/mol. The van der Waals surface area contributed by atoms with E-state index in [4.69, 9.17) is 11.6 Å². The Labute approximate surface area is 198 Å². The highest BCUT2D eigenvalue weighted by molar-refractivity contribution is 7.91. The summed E-state index contributed by atoms with van der Waals surface area (Å²) in [5.74, 6) is 0.669. The van der Waals surface area contributed by atoms with Crippen LogP contribution in [0.3, 0.4) is 0 Å². The van der Waals surface area contributed by atoms with Gasteiger partial charge in [-0.15, -0.1) is 0 Å². The fourth-order valence-electron chi connectivity index (χ4n) is 4.35. The Morgan fingerprint density at radius 1 is 1.18 bits per heavy atom. The van der Waals surface area contributed by atoms with Crippen molar-refractivity contribution in [3.05, 3.63) is 41.2 Å². The summed E-state index contributed by atoms with van der Waals surface area (Å²) in [6.45, 7) is 3.65. The lowest BCUT2D eigenvalue weighted by atomic mass is 10.0. The summed E-state index contributed by atoms with van der Waals surface area (Å²) in [6.07, 6.45) is 5.26. The maximum Gasteiger partial charge on any atom is 0.245 e. The Morgan fingerprint density at radius 3 is 2.58 bits per heavy atom. The maximum absolute atomic E-state index is 13.0. The second kappa shape index (κ2) is 9.53. The van der Waals surface area contributed by atoms with E-state index in [1.807, 2.05) is 4.90 Å². The van der Waals surface area contributed by atoms with Crippen LogP contribution < -0.4 is 10.2 Å². The molecule has 1 amide bonds. The summed E-state index contributed by atoms with van der Waals surface area (Å²) in [4.78, 5) is 25.4. The Balaban J connectivity index is 1.35. The molecule has 4 heterocycles. The molecule has 0 aliphatic carbocycles. The molecule has 2 aromatic rings. The molecule has 9 nitrogen and oxygen atoms in total. The molecule has 174 valence electrons. The molecule has 0 unspecified atom stereocenters. The number of halogens is 1. The van der Waals surface area contributed by atoms with Gasteiger partial charge in [-0.3, -0.25) is 4.79 Å². The summed E-state index contributed by atoms with van der Waals surface area (Å²) in [6, 6.07) is 6.66. The van der Waals surface area contributed by atoms with Crippen molar-refractivity contribution in [1.29, 1.82) is 5.26 Å². The highest BCUT2D eigenvalue weighted by Crippen LogP contribution is 2.28. The molecular formula is C22H25ClN6O3S. The first-order chi connectivity index (χ1) is 15.8. The van der Waals surface area contributed by atoms with Crippen LogP contribution in [0.15, 0.2) is 35.6 Å². The number of carbonyl (C=O) groups is 1. The number of sulfone groups is 1. The van der Waals surface area contributed by atoms with E-state index >= 15 is 0 Å². The van der Waals surface area contributed by atoms with Crippen LogP contribution in [0.2, 0.25) is 5.02 Å². The van der Waals surface area contributed by atoms with Crippen molar-refractivity contribution in [2.75, 3.05) is 35.6 Å². The Kier molecular flexibility index (Phi) is 6.72. The fourth-order valence-corrected chi connectivity index (χ4v) is 5.30. The van der Waals surface area contributed by atoms with Gasteiger partial charge in [0.05, 0.1) is 28.2 Å². The number of hydrogen-bond donors (Lipinski definition) is 1. The SMILES string of the molecule is CCS(=O)(=O)c1ccc(N[C@H]2CCN(C3CCN(c4ncc(Cl)cc4C#N)CC3)C2=O)cn1. The standard InChI is InChI=1S/C22H25ClN6O3S/c1-2-33(31,32)20-4-3-17(14-25-20)27-19-7-10-29(22(19)30)18-5-8-28(9-6-18)21-15(12-24)11-16(23)13-26-21/h3-4,11,13-14,18-19,27H,2,5-10H2,1H3/t19-/m0/s1. The van der Waals surface area contributed by atoms with Crippen molar-refractivity contribution in [2.24, 2.45) is 0 Å². The van der Waals surface area contributed by atoms with E-state index < -0.39 is 9.84 Å². The third-order valence-corrected chi connectivity index (χ3v) is 8.02. The maximum atomic E-state index is 13.0. The average Bonchev–Trinajstić information content (AvgIpc) is 3.19. The zero-order valence-corrected chi connectivity index (χ0v) is 19.8. The number of nitrogens with zero attached hydrogens (tertiary/aromatic N) is 5. The van der Waals surface area contributed by atoms with Crippen LogP contribution in [-0.4, -0.2) is 66.7 Å². The van der Waals surface area contributed by atoms with E-state index in [1.54, 1.807) is 25.3 Å². The molecule has 0 saturated carbocycles. The summed E-state index contributed by atoms with van der Waals surface area (Å²) in [5.41, 5.74) is 1.08. The molecular weight excluding hydrogens is 464 g/mol. The summed E-state index contributed by atoms with van der Waals surface area (Å²) < 4.78 is 23.8. The zero-order valence-electron chi connectivity index (χ0n) is 18.2. The van der Waals surface area contributed by atoms with Crippen LogP contribution in [0, 0.1) is 11.3 Å². The van der Waals surface area contributed by atoms with Crippen molar-refractivity contribution in [2.45, 2.75) is 43.3 Å². The monoisotopic (exact) mass is 488 g/mol. The van der Waals surface area contributed by atoms with Gasteiger partial charge in [0.25, 0.3) is 0 Å². The third-order valence-electron chi connectivity index (χ3n) is 6.17. The smallest absolute Gasteiger partial charge is 0.245 e. The second-order valence-electron chi connectivity index (χ2n) is 8.16. The van der Waals surface area contributed by atoms with Crippen molar-refractivity contribution in [3.8, 4) is 6.07 Å². The normalized spacial score (nSPS) is 19.5. The molecule has 0 aromatic carbocycles. The predicted molar refractivity (Wildman–Crippen MR) is 125 cm³/mol. The first kappa shape index (κ1) is 23.3. The Bertz CT molecular complexity index is 1170. The number of likely N-dealkylation sites (tertiary alicyclic amines) is 1. The van der Waals surface area contributed by atoms with Gasteiger partial charge in [-0.2, -0.15) is 5.26 Å². The van der Waals surface area contributed by atoms with Crippen LogP contribution in [0.1, 0.15) is 31.7 Å². The van der Waals surface area contributed by atoms with Crippen LogP contribution in [0.4, 0.5) is 11.5 Å². The number of hydrogen-bond acceptors (Lipinski definition) is 8. The van der Waals surface area contributed by atoms with Gasteiger partial charge < -0.3 is 15.1 Å². The van der Waals surface area contributed by atoms with Gasteiger partial charge in [-0.1, -0.05) is 18.5 Å². The van der Waals surface area contributed by atoms with Crippen LogP contribution >= 0.6 is 11.6 Å². The van der Waals surface area contributed by atoms with Crippen molar-refractivity contribution >= 4 is 38.9 Å². The van der Waals surface area contributed by atoms with E-state index in [0.29, 0.717) is 48.1 Å². The first-order valence-electron chi connectivity index (χ1n) is 10.9. The van der Waals surface area contributed by atoms with E-state index in [0.717, 1.165) is 12.8 Å².